The van der Waals surface area contributed by atoms with Crippen LogP contribution in [0.5, 0.6) is 17.2 Å². The van der Waals surface area contributed by atoms with E-state index in [4.69, 9.17) is 30.8 Å². The number of furan rings is 1. The van der Waals surface area contributed by atoms with Crippen LogP contribution in [0.25, 0.3) is 11.6 Å². The molecule has 1 N–H and O–H groups in total. The highest BCUT2D eigenvalue weighted by molar-refractivity contribution is 7.71. The van der Waals surface area contributed by atoms with Gasteiger partial charge >= 0.3 is 5.97 Å². The highest BCUT2D eigenvalue weighted by Gasteiger charge is 2.16. The number of nitrogens with one attached hydrogen (secondary N) is 1. The van der Waals surface area contributed by atoms with Crippen molar-refractivity contribution in [3.63, 3.8) is 0 Å². The summed E-state index contributed by atoms with van der Waals surface area (Å²) in [6.45, 7) is 1.30. The maximum Gasteiger partial charge on any atom is 0.308 e. The van der Waals surface area contributed by atoms with E-state index in [9.17, 15) is 4.79 Å². The van der Waals surface area contributed by atoms with E-state index >= 15 is 0 Å². The fourth-order valence-corrected chi connectivity index (χ4v) is 2.49. The number of H-pyrrole nitrogens is 1. The van der Waals surface area contributed by atoms with Gasteiger partial charge in [-0.3, -0.25) is 4.79 Å². The number of nitrogens with zero attached hydrogens (tertiary/aromatic N) is 3. The summed E-state index contributed by atoms with van der Waals surface area (Å²) in [6.07, 6.45) is 3.07. The summed E-state index contributed by atoms with van der Waals surface area (Å²) in [5.41, 5.74) is 0.632. The van der Waals surface area contributed by atoms with Crippen molar-refractivity contribution in [3.05, 3.63) is 40.9 Å². The molecule has 2 heterocycles. The summed E-state index contributed by atoms with van der Waals surface area (Å²) >= 11 is 5.21. The molecule has 0 aliphatic rings. The van der Waals surface area contributed by atoms with Crippen LogP contribution in [0.15, 0.2) is 40.0 Å². The van der Waals surface area contributed by atoms with Crippen molar-refractivity contribution in [2.45, 2.75) is 6.92 Å². The third-order valence-electron chi connectivity index (χ3n) is 3.44. The highest BCUT2D eigenvalue weighted by Crippen LogP contribution is 2.38. The van der Waals surface area contributed by atoms with E-state index < -0.39 is 5.97 Å². The number of hydrogen-bond acceptors (Lipinski definition) is 8. The molecule has 2 aromatic heterocycles. The molecular weight excluding hydrogens is 372 g/mol. The molecule has 140 valence electrons. The first-order valence-corrected chi connectivity index (χ1v) is 8.14. The fourth-order valence-electron chi connectivity index (χ4n) is 2.31. The lowest BCUT2D eigenvalue weighted by atomic mass is 10.2. The zero-order chi connectivity index (χ0) is 19.4. The lowest BCUT2D eigenvalue weighted by molar-refractivity contribution is -0.132. The molecule has 27 heavy (non-hydrogen) atoms. The number of aromatic nitrogens is 3. The van der Waals surface area contributed by atoms with Gasteiger partial charge in [-0.1, -0.05) is 0 Å². The second kappa shape index (κ2) is 7.87. The number of rotatable bonds is 6. The second-order valence-corrected chi connectivity index (χ2v) is 5.62. The molecule has 0 fully saturated rings. The summed E-state index contributed by atoms with van der Waals surface area (Å²) < 4.78 is 22.8. The van der Waals surface area contributed by atoms with Crippen LogP contribution in [-0.4, -0.2) is 41.3 Å². The summed E-state index contributed by atoms with van der Waals surface area (Å²) in [5, 5.41) is 11.1. The van der Waals surface area contributed by atoms with E-state index in [-0.39, 0.29) is 5.75 Å². The fraction of sp³-hybridized carbons (Fsp3) is 0.176. The topological polar surface area (TPSA) is 104 Å². The van der Waals surface area contributed by atoms with Gasteiger partial charge in [-0.25, -0.2) is 5.10 Å². The minimum absolute atomic E-state index is 0.195. The molecular formula is C17H16N4O5S. The van der Waals surface area contributed by atoms with E-state index in [0.29, 0.717) is 33.4 Å². The molecule has 0 unspecified atom stereocenters. The monoisotopic (exact) mass is 388 g/mol. The molecule has 0 spiro atoms. The van der Waals surface area contributed by atoms with Crippen LogP contribution >= 0.6 is 12.2 Å². The highest BCUT2D eigenvalue weighted by atomic mass is 32.1. The van der Waals surface area contributed by atoms with Gasteiger partial charge in [0.2, 0.25) is 16.3 Å². The van der Waals surface area contributed by atoms with Gasteiger partial charge in [0, 0.05) is 12.5 Å². The van der Waals surface area contributed by atoms with Crippen molar-refractivity contribution < 1.29 is 23.4 Å². The Bertz CT molecular complexity index is 1010. The first-order chi connectivity index (χ1) is 13.0. The number of carbonyl (C=O) groups excluding carboxylic acids is 1. The first kappa shape index (κ1) is 18.4. The van der Waals surface area contributed by atoms with Gasteiger partial charge in [-0.2, -0.15) is 9.78 Å². The lowest BCUT2D eigenvalue weighted by Crippen LogP contribution is -2.05. The Morgan fingerprint density at radius 3 is 2.59 bits per heavy atom. The van der Waals surface area contributed by atoms with Crippen LogP contribution in [-0.2, 0) is 4.79 Å². The van der Waals surface area contributed by atoms with Crippen molar-refractivity contribution in [1.29, 1.82) is 0 Å². The van der Waals surface area contributed by atoms with Crippen LogP contribution < -0.4 is 14.2 Å². The van der Waals surface area contributed by atoms with Crippen LogP contribution in [0.1, 0.15) is 12.5 Å². The predicted octanol–water partition coefficient (Wildman–Crippen LogP) is 3.03. The number of ether oxygens (including phenoxy) is 3. The van der Waals surface area contributed by atoms with Crippen molar-refractivity contribution in [2.75, 3.05) is 14.2 Å². The van der Waals surface area contributed by atoms with Crippen molar-refractivity contribution in [2.24, 2.45) is 5.10 Å². The molecule has 3 aromatic rings. The minimum atomic E-state index is -0.485. The molecule has 0 bridgehead atoms. The Morgan fingerprint density at radius 1 is 1.33 bits per heavy atom. The molecule has 0 amide bonds. The maximum atomic E-state index is 11.3. The van der Waals surface area contributed by atoms with Gasteiger partial charge in [0.25, 0.3) is 0 Å². The molecule has 0 atom stereocenters. The molecule has 0 aliphatic heterocycles. The molecule has 0 saturated heterocycles. The normalized spacial score (nSPS) is 10.9. The van der Waals surface area contributed by atoms with E-state index in [1.165, 1.54) is 32.1 Å². The number of benzene rings is 1. The quantitative estimate of drug-likeness (QED) is 0.300. The van der Waals surface area contributed by atoms with Crippen molar-refractivity contribution in [3.8, 4) is 28.8 Å². The summed E-state index contributed by atoms with van der Waals surface area (Å²) in [4.78, 5) is 11.3. The third kappa shape index (κ3) is 3.90. The first-order valence-electron chi connectivity index (χ1n) is 7.73. The number of hydrogen-bond donors (Lipinski definition) is 1. The van der Waals surface area contributed by atoms with Gasteiger partial charge in [0.15, 0.2) is 17.3 Å². The zero-order valence-corrected chi connectivity index (χ0v) is 15.6. The Kier molecular flexibility index (Phi) is 5.36. The Hall–Kier alpha value is -3.40. The number of methoxy groups -OCH3 is 2. The predicted molar refractivity (Wildman–Crippen MR) is 99.0 cm³/mol. The molecule has 0 radical (unpaired) electrons. The van der Waals surface area contributed by atoms with Gasteiger partial charge in [0.05, 0.1) is 26.7 Å². The third-order valence-corrected chi connectivity index (χ3v) is 3.71. The van der Waals surface area contributed by atoms with Crippen molar-refractivity contribution in [1.82, 2.24) is 14.9 Å². The average molecular weight is 388 g/mol. The van der Waals surface area contributed by atoms with Crippen LogP contribution in [0.4, 0.5) is 0 Å². The molecule has 10 heteroatoms. The Balaban J connectivity index is 2.00. The number of aromatic amines is 1. The molecule has 0 saturated carbocycles. The van der Waals surface area contributed by atoms with Crippen molar-refractivity contribution >= 4 is 24.4 Å². The van der Waals surface area contributed by atoms with E-state index in [2.05, 4.69) is 15.3 Å². The van der Waals surface area contributed by atoms with Gasteiger partial charge in [-0.05, 0) is 36.5 Å². The zero-order valence-electron chi connectivity index (χ0n) is 14.8. The summed E-state index contributed by atoms with van der Waals surface area (Å²) in [6, 6.07) is 6.79. The SMILES string of the molecule is COc1cc(/C=N/n2c(-c3ccco3)n[nH]c2=S)cc(OC)c1OC(C)=O. The average Bonchev–Trinajstić information content (AvgIpc) is 3.29. The molecule has 0 aliphatic carbocycles. The van der Waals surface area contributed by atoms with E-state index in [1.54, 1.807) is 30.5 Å². The van der Waals surface area contributed by atoms with Gasteiger partial charge in [-0.15, -0.1) is 5.10 Å². The Labute approximate surface area is 159 Å². The van der Waals surface area contributed by atoms with Crippen LogP contribution in [0.2, 0.25) is 0 Å². The molecule has 3 rings (SSSR count). The van der Waals surface area contributed by atoms with Crippen LogP contribution in [0.3, 0.4) is 0 Å². The largest absolute Gasteiger partial charge is 0.493 e. The Morgan fingerprint density at radius 2 is 2.04 bits per heavy atom. The second-order valence-electron chi connectivity index (χ2n) is 5.23. The number of carbonyl (C=O) groups is 1. The number of esters is 1. The smallest absolute Gasteiger partial charge is 0.308 e. The molecule has 9 nitrogen and oxygen atoms in total. The van der Waals surface area contributed by atoms with E-state index in [0.717, 1.165) is 0 Å². The van der Waals surface area contributed by atoms with Gasteiger partial charge in [0.1, 0.15) is 0 Å². The maximum absolute atomic E-state index is 11.3. The summed E-state index contributed by atoms with van der Waals surface area (Å²) in [7, 11) is 2.92. The standard InChI is InChI=1S/C17H16N4O5S/c1-10(22)26-15-13(23-2)7-11(8-14(15)24-3)9-18-21-16(19-20-17(21)27)12-5-4-6-25-12/h4-9H,1-3H3,(H,20,27)/b18-9+. The summed E-state index contributed by atoms with van der Waals surface area (Å²) in [5.74, 6) is 1.30. The minimum Gasteiger partial charge on any atom is -0.493 e. The lowest BCUT2D eigenvalue weighted by Gasteiger charge is -2.13. The van der Waals surface area contributed by atoms with Crippen LogP contribution in [0, 0.1) is 4.77 Å². The molecule has 1 aromatic carbocycles. The van der Waals surface area contributed by atoms with E-state index in [1.807, 2.05) is 0 Å². The van der Waals surface area contributed by atoms with Gasteiger partial charge < -0.3 is 18.6 Å².